The summed E-state index contributed by atoms with van der Waals surface area (Å²) in [7, 11) is 0. The van der Waals surface area contributed by atoms with Crippen molar-refractivity contribution in [3.63, 3.8) is 0 Å². The highest BCUT2D eigenvalue weighted by molar-refractivity contribution is 5.72. The van der Waals surface area contributed by atoms with Gasteiger partial charge in [0.25, 0.3) is 0 Å². The molecule has 0 radical (unpaired) electrons. The first-order valence-corrected chi connectivity index (χ1v) is 7.74. The van der Waals surface area contributed by atoms with Gasteiger partial charge in [0.15, 0.2) is 0 Å². The molecule has 0 unspecified atom stereocenters. The van der Waals surface area contributed by atoms with E-state index in [1.54, 1.807) is 0 Å². The number of halogens is 6. The molecule has 1 aromatic heterocycles. The standard InChI is InChI=1S/C17H14F6N2O/c18-16(19,20)13-3-1-2-12(15(13)17(21,22)23)11-4-5-24-14(10-11)25-6-8-26-9-7-25/h1-5,10H,6-9H2. The Hall–Kier alpha value is -2.29. The third kappa shape index (κ3) is 3.77. The summed E-state index contributed by atoms with van der Waals surface area (Å²) in [5.74, 6) is 0.399. The number of ether oxygens (including phenoxy) is 1. The molecule has 1 saturated heterocycles. The van der Waals surface area contributed by atoms with Crippen LogP contribution in [0.25, 0.3) is 11.1 Å². The summed E-state index contributed by atoms with van der Waals surface area (Å²) in [5.41, 5.74) is -3.89. The van der Waals surface area contributed by atoms with Crippen molar-refractivity contribution in [1.82, 2.24) is 4.98 Å². The molecule has 0 aliphatic carbocycles. The molecule has 0 spiro atoms. The molecule has 0 atom stereocenters. The fourth-order valence-corrected chi connectivity index (χ4v) is 2.89. The fourth-order valence-electron chi connectivity index (χ4n) is 2.89. The van der Waals surface area contributed by atoms with Crippen LogP contribution in [0.15, 0.2) is 36.5 Å². The van der Waals surface area contributed by atoms with Gasteiger partial charge in [-0.05, 0) is 29.3 Å². The number of morpholine rings is 1. The Bertz CT molecular complexity index is 782. The van der Waals surface area contributed by atoms with Crippen LogP contribution in [0.2, 0.25) is 0 Å². The average molecular weight is 376 g/mol. The molecule has 1 aromatic carbocycles. The normalized spacial score (nSPS) is 16.0. The van der Waals surface area contributed by atoms with E-state index in [-0.39, 0.29) is 5.56 Å². The summed E-state index contributed by atoms with van der Waals surface area (Å²) < 4.78 is 84.9. The monoisotopic (exact) mass is 376 g/mol. The minimum absolute atomic E-state index is 0.0277. The molecule has 0 bridgehead atoms. The Kier molecular flexibility index (Phi) is 4.83. The van der Waals surface area contributed by atoms with Crippen LogP contribution in [0.4, 0.5) is 32.2 Å². The topological polar surface area (TPSA) is 25.4 Å². The molecule has 9 heteroatoms. The van der Waals surface area contributed by atoms with Crippen LogP contribution >= 0.6 is 0 Å². The van der Waals surface area contributed by atoms with Gasteiger partial charge in [-0.25, -0.2) is 4.98 Å². The van der Waals surface area contributed by atoms with Crippen molar-refractivity contribution in [3.8, 4) is 11.1 Å². The zero-order chi connectivity index (χ0) is 18.9. The van der Waals surface area contributed by atoms with E-state index in [0.29, 0.717) is 38.2 Å². The lowest BCUT2D eigenvalue weighted by Crippen LogP contribution is -2.36. The Labute approximate surface area is 145 Å². The first-order valence-electron chi connectivity index (χ1n) is 7.74. The molecule has 1 fully saturated rings. The third-order valence-corrected chi connectivity index (χ3v) is 4.04. The lowest BCUT2D eigenvalue weighted by atomic mass is 9.95. The first-order chi connectivity index (χ1) is 12.2. The van der Waals surface area contributed by atoms with Gasteiger partial charge in [0.1, 0.15) is 5.82 Å². The minimum Gasteiger partial charge on any atom is -0.378 e. The second-order valence-corrected chi connectivity index (χ2v) is 5.73. The van der Waals surface area contributed by atoms with Gasteiger partial charge in [-0.1, -0.05) is 12.1 Å². The van der Waals surface area contributed by atoms with E-state index in [9.17, 15) is 26.3 Å². The number of alkyl halides is 6. The van der Waals surface area contributed by atoms with Crippen LogP contribution < -0.4 is 4.90 Å². The minimum atomic E-state index is -5.15. The lowest BCUT2D eigenvalue weighted by Gasteiger charge is -2.28. The van der Waals surface area contributed by atoms with Crippen molar-refractivity contribution in [2.45, 2.75) is 12.4 Å². The number of pyridine rings is 1. The second kappa shape index (κ2) is 6.79. The number of aromatic nitrogens is 1. The lowest BCUT2D eigenvalue weighted by molar-refractivity contribution is -0.161. The summed E-state index contributed by atoms with van der Waals surface area (Å²) in [6.07, 6.45) is -8.97. The average Bonchev–Trinajstić information content (AvgIpc) is 2.60. The number of rotatable bonds is 2. The summed E-state index contributed by atoms with van der Waals surface area (Å²) >= 11 is 0. The Balaban J connectivity index is 2.12. The smallest absolute Gasteiger partial charge is 0.378 e. The number of nitrogens with zero attached hydrogens (tertiary/aromatic N) is 2. The van der Waals surface area contributed by atoms with Crippen LogP contribution in [-0.2, 0) is 17.1 Å². The van der Waals surface area contributed by atoms with Crippen LogP contribution in [0, 0.1) is 0 Å². The van der Waals surface area contributed by atoms with E-state index >= 15 is 0 Å². The maximum Gasteiger partial charge on any atom is 0.417 e. The molecule has 26 heavy (non-hydrogen) atoms. The maximum absolute atomic E-state index is 13.4. The number of hydrogen-bond donors (Lipinski definition) is 0. The molecule has 1 aliphatic rings. The molecule has 0 amide bonds. The predicted octanol–water partition coefficient (Wildman–Crippen LogP) is 4.62. The Morgan fingerprint density at radius 1 is 0.923 bits per heavy atom. The second-order valence-electron chi connectivity index (χ2n) is 5.73. The van der Waals surface area contributed by atoms with Gasteiger partial charge in [0.2, 0.25) is 0 Å². The molecule has 1 aliphatic heterocycles. The van der Waals surface area contributed by atoms with Crippen molar-refractivity contribution >= 4 is 5.82 Å². The largest absolute Gasteiger partial charge is 0.417 e. The highest BCUT2D eigenvalue weighted by Crippen LogP contribution is 2.45. The van der Waals surface area contributed by atoms with E-state index in [1.807, 2.05) is 4.90 Å². The molecule has 3 nitrogen and oxygen atoms in total. The molecular weight excluding hydrogens is 362 g/mol. The third-order valence-electron chi connectivity index (χ3n) is 4.04. The quantitative estimate of drug-likeness (QED) is 0.715. The summed E-state index contributed by atoms with van der Waals surface area (Å²) in [4.78, 5) is 5.93. The van der Waals surface area contributed by atoms with E-state index in [1.165, 1.54) is 18.3 Å². The van der Waals surface area contributed by atoms with Gasteiger partial charge in [0.05, 0.1) is 24.3 Å². The van der Waals surface area contributed by atoms with Crippen molar-refractivity contribution in [2.75, 3.05) is 31.2 Å². The van der Waals surface area contributed by atoms with Crippen molar-refractivity contribution in [3.05, 3.63) is 47.7 Å². The first kappa shape index (κ1) is 18.5. The van der Waals surface area contributed by atoms with Gasteiger partial charge in [0, 0.05) is 19.3 Å². The number of hydrogen-bond acceptors (Lipinski definition) is 3. The van der Waals surface area contributed by atoms with Crippen LogP contribution in [-0.4, -0.2) is 31.3 Å². The van der Waals surface area contributed by atoms with E-state index in [2.05, 4.69) is 4.98 Å². The molecule has 0 saturated carbocycles. The Morgan fingerprint density at radius 2 is 1.62 bits per heavy atom. The highest BCUT2D eigenvalue weighted by Gasteiger charge is 2.44. The molecule has 0 N–H and O–H groups in total. The van der Waals surface area contributed by atoms with Gasteiger partial charge < -0.3 is 9.64 Å². The van der Waals surface area contributed by atoms with Crippen molar-refractivity contribution < 1.29 is 31.1 Å². The van der Waals surface area contributed by atoms with Gasteiger partial charge in [-0.3, -0.25) is 0 Å². The van der Waals surface area contributed by atoms with Crippen molar-refractivity contribution in [2.24, 2.45) is 0 Å². The van der Waals surface area contributed by atoms with E-state index in [4.69, 9.17) is 4.74 Å². The van der Waals surface area contributed by atoms with Gasteiger partial charge in [-0.2, -0.15) is 26.3 Å². The zero-order valence-corrected chi connectivity index (χ0v) is 13.4. The van der Waals surface area contributed by atoms with E-state index in [0.717, 1.165) is 12.1 Å². The molecule has 3 rings (SSSR count). The number of anilines is 1. The molecule has 2 heterocycles. The van der Waals surface area contributed by atoms with Crippen LogP contribution in [0.1, 0.15) is 11.1 Å². The van der Waals surface area contributed by atoms with Crippen LogP contribution in [0.5, 0.6) is 0 Å². The van der Waals surface area contributed by atoms with Crippen LogP contribution in [0.3, 0.4) is 0 Å². The molecule has 2 aromatic rings. The van der Waals surface area contributed by atoms with Gasteiger partial charge >= 0.3 is 12.4 Å². The summed E-state index contributed by atoms with van der Waals surface area (Å²) in [5, 5.41) is 0. The zero-order valence-electron chi connectivity index (χ0n) is 13.4. The van der Waals surface area contributed by atoms with Gasteiger partial charge in [-0.15, -0.1) is 0 Å². The van der Waals surface area contributed by atoms with E-state index < -0.39 is 29.0 Å². The SMILES string of the molecule is FC(F)(F)c1cccc(-c2ccnc(N3CCOCC3)c2)c1C(F)(F)F. The van der Waals surface area contributed by atoms with Crippen molar-refractivity contribution in [1.29, 1.82) is 0 Å². The summed E-state index contributed by atoms with van der Waals surface area (Å²) in [6, 6.07) is 5.10. The predicted molar refractivity (Wildman–Crippen MR) is 82.7 cm³/mol. The Morgan fingerprint density at radius 3 is 2.23 bits per heavy atom. The fraction of sp³-hybridized carbons (Fsp3) is 0.353. The maximum atomic E-state index is 13.4. The summed E-state index contributed by atoms with van der Waals surface area (Å²) in [6.45, 7) is 1.91. The highest BCUT2D eigenvalue weighted by atomic mass is 19.4. The number of benzene rings is 1. The molecule has 140 valence electrons. The molecular formula is C17H14F6N2O.